The van der Waals surface area contributed by atoms with Crippen molar-refractivity contribution in [2.45, 2.75) is 50.6 Å². The van der Waals surface area contributed by atoms with E-state index in [0.29, 0.717) is 84.7 Å². The molecule has 3 atom stereocenters. The van der Waals surface area contributed by atoms with Gasteiger partial charge in [0.1, 0.15) is 11.9 Å². The normalized spacial score (nSPS) is 26.0. The number of carbonyl (C=O) groups is 3. The number of piperazine rings is 1. The van der Waals surface area contributed by atoms with Crippen molar-refractivity contribution in [1.82, 2.24) is 20.4 Å². The average molecular weight is 632 g/mol. The van der Waals surface area contributed by atoms with E-state index in [1.807, 2.05) is 35.2 Å². The predicted molar refractivity (Wildman–Crippen MR) is 175 cm³/mol. The first kappa shape index (κ1) is 32.2. The fraction of sp³-hybridized carbons (Fsp3) is 0.528. The van der Waals surface area contributed by atoms with Gasteiger partial charge in [-0.15, -0.1) is 0 Å². The highest BCUT2D eigenvalue weighted by Gasteiger charge is 2.41. The van der Waals surface area contributed by atoms with Crippen LogP contribution in [0, 0.1) is 17.2 Å². The highest BCUT2D eigenvalue weighted by atomic mass is 19.1. The van der Waals surface area contributed by atoms with Crippen LogP contribution < -0.4 is 15.5 Å². The van der Waals surface area contributed by atoms with Gasteiger partial charge in [-0.05, 0) is 67.9 Å². The molecular weight excluding hydrogens is 585 g/mol. The van der Waals surface area contributed by atoms with E-state index in [1.165, 1.54) is 12.1 Å². The lowest BCUT2D eigenvalue weighted by atomic mass is 9.75. The number of allylic oxidation sites excluding steroid dienone is 2. The van der Waals surface area contributed by atoms with Gasteiger partial charge in [0.2, 0.25) is 17.7 Å². The largest absolute Gasteiger partial charge is 0.381 e. The van der Waals surface area contributed by atoms with E-state index in [9.17, 15) is 18.8 Å². The van der Waals surface area contributed by atoms with Crippen molar-refractivity contribution in [3.05, 3.63) is 78.1 Å². The molecule has 0 radical (unpaired) electrons. The number of hydrogen-bond acceptors (Lipinski definition) is 6. The number of likely N-dealkylation sites (tertiary alicyclic amines) is 1. The number of amides is 3. The van der Waals surface area contributed by atoms with Crippen molar-refractivity contribution in [2.24, 2.45) is 11.3 Å². The van der Waals surface area contributed by atoms with E-state index in [-0.39, 0.29) is 35.5 Å². The Morgan fingerprint density at radius 1 is 0.913 bits per heavy atom. The number of benzene rings is 2. The second kappa shape index (κ2) is 14.8. The van der Waals surface area contributed by atoms with Gasteiger partial charge in [0.15, 0.2) is 0 Å². The van der Waals surface area contributed by atoms with Gasteiger partial charge < -0.3 is 25.2 Å². The number of piperidine rings is 1. The van der Waals surface area contributed by atoms with Gasteiger partial charge in [-0.3, -0.25) is 19.3 Å². The molecule has 2 aromatic rings. The van der Waals surface area contributed by atoms with Crippen LogP contribution in [0.1, 0.15) is 37.7 Å². The van der Waals surface area contributed by atoms with Crippen LogP contribution in [0.4, 0.5) is 10.1 Å². The summed E-state index contributed by atoms with van der Waals surface area (Å²) in [5, 5.41) is 6.47. The smallest absolute Gasteiger partial charge is 0.243 e. The minimum Gasteiger partial charge on any atom is -0.381 e. The third-order valence-electron chi connectivity index (χ3n) is 10.3. The minimum absolute atomic E-state index is 0.0469. The summed E-state index contributed by atoms with van der Waals surface area (Å²) >= 11 is 0. The minimum atomic E-state index is -0.674. The number of ether oxygens (including phenoxy) is 1. The van der Waals surface area contributed by atoms with Crippen LogP contribution in [0.2, 0.25) is 0 Å². The molecule has 0 unspecified atom stereocenters. The van der Waals surface area contributed by atoms with Crippen molar-refractivity contribution in [3.8, 4) is 0 Å². The van der Waals surface area contributed by atoms with Gasteiger partial charge in [-0.1, -0.05) is 42.5 Å². The molecule has 46 heavy (non-hydrogen) atoms. The third-order valence-corrected chi connectivity index (χ3v) is 10.3. The van der Waals surface area contributed by atoms with Crippen LogP contribution in [-0.4, -0.2) is 98.6 Å². The van der Waals surface area contributed by atoms with Gasteiger partial charge in [0.25, 0.3) is 0 Å². The number of carbonyl (C=O) groups excluding carboxylic acids is 3. The fourth-order valence-electron chi connectivity index (χ4n) is 7.36. The molecule has 2 N–H and O–H groups in total. The molecule has 4 heterocycles. The number of fused-ring (bicyclic) bond motifs is 1. The van der Waals surface area contributed by atoms with Crippen LogP contribution in [0.25, 0.3) is 0 Å². The second-order valence-electron chi connectivity index (χ2n) is 13.3. The van der Waals surface area contributed by atoms with Gasteiger partial charge in [-0.2, -0.15) is 0 Å². The predicted octanol–water partition coefficient (Wildman–Crippen LogP) is 3.16. The summed E-state index contributed by atoms with van der Waals surface area (Å²) in [6, 6.07) is 15.6. The molecule has 4 aliphatic heterocycles. The molecule has 0 saturated carbocycles. The fourth-order valence-corrected chi connectivity index (χ4v) is 7.36. The SMILES string of the molecule is O=C1N[C@H]2CCN(CC(=O)N3CCN(c4ccc(F)cc4)CC3)C[C@H]2CC=CCC2(CCOCC2)C(=O)N[C@@H]1Cc1ccccc1. The Bertz CT molecular complexity index is 1370. The van der Waals surface area contributed by atoms with Crippen LogP contribution in [-0.2, 0) is 25.5 Å². The average Bonchev–Trinajstić information content (AvgIpc) is 3.08. The zero-order valence-electron chi connectivity index (χ0n) is 26.5. The molecule has 10 heteroatoms. The van der Waals surface area contributed by atoms with Crippen molar-refractivity contribution in [2.75, 3.05) is 63.9 Å². The lowest BCUT2D eigenvalue weighted by Gasteiger charge is -2.41. The standard InChI is InChI=1S/C36H46FN5O4/c37-29-9-11-30(12-10-29)41-18-20-42(21-19-41)33(43)26-40-17-13-31-28(25-40)8-4-5-14-36(15-22-46-23-16-36)35(45)39-32(34(44)38-31)24-27-6-2-1-3-7-27/h1-7,9-12,28,31-32H,8,13-26H2,(H,38,44)(H,39,45)/t28-,31+,32-/m1/s1. The summed E-state index contributed by atoms with van der Waals surface area (Å²) in [5.41, 5.74) is 1.38. The van der Waals surface area contributed by atoms with Crippen molar-refractivity contribution >= 4 is 23.4 Å². The molecular formula is C36H46FN5O4. The highest BCUT2D eigenvalue weighted by Crippen LogP contribution is 2.36. The topological polar surface area (TPSA) is 94.2 Å². The van der Waals surface area contributed by atoms with E-state index in [0.717, 1.165) is 24.1 Å². The summed E-state index contributed by atoms with van der Waals surface area (Å²) < 4.78 is 19.0. The molecule has 2 aromatic carbocycles. The van der Waals surface area contributed by atoms with E-state index < -0.39 is 11.5 Å². The number of nitrogens with zero attached hydrogens (tertiary/aromatic N) is 3. The van der Waals surface area contributed by atoms with Gasteiger partial charge in [0.05, 0.1) is 12.0 Å². The number of hydrogen-bond donors (Lipinski definition) is 2. The summed E-state index contributed by atoms with van der Waals surface area (Å²) in [7, 11) is 0. The molecule has 9 nitrogen and oxygen atoms in total. The first-order valence-corrected chi connectivity index (χ1v) is 16.8. The van der Waals surface area contributed by atoms with E-state index in [1.54, 1.807) is 12.1 Å². The number of halogens is 1. The third kappa shape index (κ3) is 7.78. The Kier molecular flexibility index (Phi) is 10.3. The molecule has 4 aliphatic rings. The van der Waals surface area contributed by atoms with E-state index in [4.69, 9.17) is 4.74 Å². The van der Waals surface area contributed by atoms with Crippen LogP contribution in [0.3, 0.4) is 0 Å². The Morgan fingerprint density at radius 3 is 2.39 bits per heavy atom. The first-order valence-electron chi connectivity index (χ1n) is 16.8. The maximum Gasteiger partial charge on any atom is 0.243 e. The van der Waals surface area contributed by atoms with Gasteiger partial charge >= 0.3 is 0 Å². The molecule has 3 saturated heterocycles. The van der Waals surface area contributed by atoms with Crippen molar-refractivity contribution in [1.29, 1.82) is 0 Å². The number of nitrogens with one attached hydrogen (secondary N) is 2. The maximum absolute atomic E-state index is 13.9. The lowest BCUT2D eigenvalue weighted by Crippen LogP contribution is -2.59. The summed E-state index contributed by atoms with van der Waals surface area (Å²) in [6.45, 7) is 5.55. The summed E-state index contributed by atoms with van der Waals surface area (Å²) in [6.07, 6.45) is 8.11. The first-order chi connectivity index (χ1) is 22.4. The van der Waals surface area contributed by atoms with Crippen LogP contribution in [0.15, 0.2) is 66.7 Å². The Hall–Kier alpha value is -3.76. The van der Waals surface area contributed by atoms with E-state index >= 15 is 0 Å². The Balaban J connectivity index is 1.11. The zero-order chi connectivity index (χ0) is 31.9. The van der Waals surface area contributed by atoms with Gasteiger partial charge in [0, 0.05) is 70.6 Å². The Morgan fingerprint density at radius 2 is 1.65 bits per heavy atom. The second-order valence-corrected chi connectivity index (χ2v) is 13.3. The molecule has 6 rings (SSSR count). The Labute approximate surface area is 271 Å². The van der Waals surface area contributed by atoms with Crippen molar-refractivity contribution < 1.29 is 23.5 Å². The van der Waals surface area contributed by atoms with Crippen LogP contribution >= 0.6 is 0 Å². The molecule has 3 amide bonds. The number of rotatable bonds is 5. The molecule has 0 aliphatic carbocycles. The van der Waals surface area contributed by atoms with Gasteiger partial charge in [-0.25, -0.2) is 4.39 Å². The molecule has 3 fully saturated rings. The van der Waals surface area contributed by atoms with Crippen molar-refractivity contribution in [3.63, 3.8) is 0 Å². The monoisotopic (exact) mass is 631 g/mol. The number of anilines is 1. The summed E-state index contributed by atoms with van der Waals surface area (Å²) in [5.74, 6) is -0.199. The maximum atomic E-state index is 13.9. The molecule has 0 bridgehead atoms. The quantitative estimate of drug-likeness (QED) is 0.493. The highest BCUT2D eigenvalue weighted by molar-refractivity contribution is 5.90. The van der Waals surface area contributed by atoms with E-state index in [2.05, 4.69) is 32.6 Å². The summed E-state index contributed by atoms with van der Waals surface area (Å²) in [4.78, 5) is 47.3. The zero-order valence-corrected chi connectivity index (χ0v) is 26.5. The molecule has 1 spiro atoms. The molecule has 0 aromatic heterocycles. The lowest BCUT2D eigenvalue weighted by molar-refractivity contribution is -0.140. The molecule has 246 valence electrons. The van der Waals surface area contributed by atoms with Crippen LogP contribution in [0.5, 0.6) is 0 Å².